The lowest BCUT2D eigenvalue weighted by Gasteiger charge is -2.13. The third kappa shape index (κ3) is 6.29. The zero-order valence-electron chi connectivity index (χ0n) is 10.5. The van der Waals surface area contributed by atoms with Crippen LogP contribution in [0.2, 0.25) is 0 Å². The predicted octanol–water partition coefficient (Wildman–Crippen LogP) is 2.08. The van der Waals surface area contributed by atoms with Crippen molar-refractivity contribution in [1.29, 1.82) is 0 Å². The van der Waals surface area contributed by atoms with E-state index in [4.69, 9.17) is 5.11 Å². The van der Waals surface area contributed by atoms with E-state index in [2.05, 4.69) is 12.2 Å². The van der Waals surface area contributed by atoms with Gasteiger partial charge in [-0.1, -0.05) is 12.1 Å². The average Bonchev–Trinajstić information content (AvgIpc) is 2.32. The summed E-state index contributed by atoms with van der Waals surface area (Å²) in [6.07, 6.45) is 4.06. The van der Waals surface area contributed by atoms with Crippen LogP contribution in [0.5, 0.6) is 5.75 Å². The molecule has 0 saturated heterocycles. The molecule has 0 bridgehead atoms. The molecular formula is C14H23NO2. The Morgan fingerprint density at radius 1 is 1.12 bits per heavy atom. The van der Waals surface area contributed by atoms with Gasteiger partial charge >= 0.3 is 0 Å². The van der Waals surface area contributed by atoms with Crippen LogP contribution in [0.1, 0.15) is 31.7 Å². The number of aliphatic hydroxyl groups is 1. The fourth-order valence-electron chi connectivity index (χ4n) is 1.82. The van der Waals surface area contributed by atoms with Crippen molar-refractivity contribution in [2.45, 2.75) is 38.6 Å². The van der Waals surface area contributed by atoms with Gasteiger partial charge in [0.15, 0.2) is 0 Å². The van der Waals surface area contributed by atoms with Gasteiger partial charge in [0.2, 0.25) is 0 Å². The number of aliphatic hydroxyl groups excluding tert-OH is 1. The average molecular weight is 237 g/mol. The highest BCUT2D eigenvalue weighted by atomic mass is 16.3. The summed E-state index contributed by atoms with van der Waals surface area (Å²) in [5.74, 6) is 0.318. The molecule has 0 aliphatic carbocycles. The largest absolute Gasteiger partial charge is 0.508 e. The van der Waals surface area contributed by atoms with Crippen molar-refractivity contribution in [2.75, 3.05) is 13.2 Å². The van der Waals surface area contributed by atoms with Crippen LogP contribution in [0.4, 0.5) is 0 Å². The lowest BCUT2D eigenvalue weighted by Crippen LogP contribution is -2.28. The number of nitrogens with one attached hydrogen (secondary N) is 1. The molecule has 3 heteroatoms. The predicted molar refractivity (Wildman–Crippen MR) is 70.2 cm³/mol. The molecule has 96 valence electrons. The Balaban J connectivity index is 2.16. The van der Waals surface area contributed by atoms with E-state index in [1.54, 1.807) is 12.1 Å². The first-order valence-electron chi connectivity index (χ1n) is 6.34. The molecule has 1 unspecified atom stereocenters. The fraction of sp³-hybridized carbons (Fsp3) is 0.571. The van der Waals surface area contributed by atoms with Gasteiger partial charge in [-0.25, -0.2) is 0 Å². The van der Waals surface area contributed by atoms with Crippen LogP contribution < -0.4 is 5.32 Å². The van der Waals surface area contributed by atoms with E-state index in [1.807, 2.05) is 12.1 Å². The van der Waals surface area contributed by atoms with Crippen LogP contribution >= 0.6 is 0 Å². The Labute approximate surface area is 103 Å². The van der Waals surface area contributed by atoms with Crippen LogP contribution in [0.3, 0.4) is 0 Å². The first-order valence-corrected chi connectivity index (χ1v) is 6.34. The van der Waals surface area contributed by atoms with Gasteiger partial charge in [-0.2, -0.15) is 0 Å². The Morgan fingerprint density at radius 3 is 2.47 bits per heavy atom. The van der Waals surface area contributed by atoms with Crippen molar-refractivity contribution >= 4 is 0 Å². The summed E-state index contributed by atoms with van der Waals surface area (Å²) in [7, 11) is 0. The van der Waals surface area contributed by atoms with Gasteiger partial charge < -0.3 is 15.5 Å². The van der Waals surface area contributed by atoms with Crippen LogP contribution in [0, 0.1) is 0 Å². The van der Waals surface area contributed by atoms with Crippen LogP contribution in [0.15, 0.2) is 24.3 Å². The van der Waals surface area contributed by atoms with E-state index in [1.165, 1.54) is 5.56 Å². The van der Waals surface area contributed by atoms with Crippen LogP contribution in [0.25, 0.3) is 0 Å². The fourth-order valence-corrected chi connectivity index (χ4v) is 1.82. The Bertz CT molecular complexity index is 298. The van der Waals surface area contributed by atoms with Crippen molar-refractivity contribution in [2.24, 2.45) is 0 Å². The number of phenols is 1. The van der Waals surface area contributed by atoms with Gasteiger partial charge in [0.25, 0.3) is 0 Å². The summed E-state index contributed by atoms with van der Waals surface area (Å²) in [5.41, 5.74) is 1.23. The quantitative estimate of drug-likeness (QED) is 0.607. The van der Waals surface area contributed by atoms with E-state index >= 15 is 0 Å². The molecule has 0 amide bonds. The number of aromatic hydroxyl groups is 1. The molecule has 0 fully saturated rings. The molecular weight excluding hydrogens is 214 g/mol. The lowest BCUT2D eigenvalue weighted by molar-refractivity contribution is 0.282. The van der Waals surface area contributed by atoms with Crippen molar-refractivity contribution in [3.05, 3.63) is 29.8 Å². The standard InChI is InChI=1S/C14H23NO2/c1-12(15-9-3-2-4-10-16)11-13-5-7-14(17)8-6-13/h5-8,12,15-17H,2-4,9-11H2,1H3. The van der Waals surface area contributed by atoms with Crippen molar-refractivity contribution in [3.8, 4) is 5.75 Å². The summed E-state index contributed by atoms with van der Waals surface area (Å²) in [4.78, 5) is 0. The van der Waals surface area contributed by atoms with Crippen molar-refractivity contribution in [3.63, 3.8) is 0 Å². The molecule has 3 N–H and O–H groups in total. The SMILES string of the molecule is CC(Cc1ccc(O)cc1)NCCCCCO. The molecule has 0 aromatic heterocycles. The number of benzene rings is 1. The summed E-state index contributed by atoms with van der Waals surface area (Å²) in [6, 6.07) is 7.80. The minimum absolute atomic E-state index is 0.295. The minimum atomic E-state index is 0.295. The minimum Gasteiger partial charge on any atom is -0.508 e. The second-order valence-electron chi connectivity index (χ2n) is 4.51. The molecule has 0 radical (unpaired) electrons. The molecule has 1 rings (SSSR count). The number of phenolic OH excluding ortho intramolecular Hbond substituents is 1. The third-order valence-corrected chi connectivity index (χ3v) is 2.81. The second kappa shape index (κ2) is 8.09. The maximum Gasteiger partial charge on any atom is 0.115 e. The highest BCUT2D eigenvalue weighted by Gasteiger charge is 2.02. The molecule has 0 saturated carbocycles. The Kier molecular flexibility index (Phi) is 6.67. The van der Waals surface area contributed by atoms with Crippen molar-refractivity contribution < 1.29 is 10.2 Å². The zero-order chi connectivity index (χ0) is 12.5. The van der Waals surface area contributed by atoms with E-state index < -0.39 is 0 Å². The molecule has 1 aromatic rings. The van der Waals surface area contributed by atoms with Gasteiger partial charge in [0.1, 0.15) is 5.75 Å². The normalized spacial score (nSPS) is 12.6. The van der Waals surface area contributed by atoms with E-state index in [0.29, 0.717) is 18.4 Å². The summed E-state index contributed by atoms with van der Waals surface area (Å²) >= 11 is 0. The van der Waals surface area contributed by atoms with Gasteiger partial charge in [0.05, 0.1) is 0 Å². The summed E-state index contributed by atoms with van der Waals surface area (Å²) < 4.78 is 0. The van der Waals surface area contributed by atoms with E-state index in [9.17, 15) is 5.11 Å². The molecule has 1 atom stereocenters. The summed E-state index contributed by atoms with van der Waals surface area (Å²) in [6.45, 7) is 3.46. The van der Waals surface area contributed by atoms with Gasteiger partial charge in [0, 0.05) is 12.6 Å². The topological polar surface area (TPSA) is 52.5 Å². The van der Waals surface area contributed by atoms with Gasteiger partial charge in [-0.15, -0.1) is 0 Å². The molecule has 1 aromatic carbocycles. The number of hydrogen-bond donors (Lipinski definition) is 3. The zero-order valence-corrected chi connectivity index (χ0v) is 10.5. The summed E-state index contributed by atoms with van der Waals surface area (Å²) in [5, 5.41) is 21.3. The maximum atomic E-state index is 9.18. The molecule has 17 heavy (non-hydrogen) atoms. The van der Waals surface area contributed by atoms with Gasteiger partial charge in [-0.3, -0.25) is 0 Å². The lowest BCUT2D eigenvalue weighted by atomic mass is 10.1. The smallest absolute Gasteiger partial charge is 0.115 e. The number of unbranched alkanes of at least 4 members (excludes halogenated alkanes) is 2. The molecule has 0 aliphatic rings. The third-order valence-electron chi connectivity index (χ3n) is 2.81. The van der Waals surface area contributed by atoms with E-state index in [0.717, 1.165) is 32.2 Å². The molecule has 0 heterocycles. The van der Waals surface area contributed by atoms with Crippen molar-refractivity contribution in [1.82, 2.24) is 5.32 Å². The second-order valence-corrected chi connectivity index (χ2v) is 4.51. The molecule has 3 nitrogen and oxygen atoms in total. The molecule has 0 spiro atoms. The maximum absolute atomic E-state index is 9.18. The Morgan fingerprint density at radius 2 is 1.82 bits per heavy atom. The highest BCUT2D eigenvalue weighted by molar-refractivity contribution is 5.26. The van der Waals surface area contributed by atoms with Crippen LogP contribution in [-0.2, 0) is 6.42 Å². The first-order chi connectivity index (χ1) is 8.22. The number of hydrogen-bond acceptors (Lipinski definition) is 3. The monoisotopic (exact) mass is 237 g/mol. The highest BCUT2D eigenvalue weighted by Crippen LogP contribution is 2.11. The van der Waals surface area contributed by atoms with Gasteiger partial charge in [-0.05, 0) is 56.8 Å². The van der Waals surface area contributed by atoms with Crippen LogP contribution in [-0.4, -0.2) is 29.4 Å². The molecule has 0 aliphatic heterocycles. The number of rotatable bonds is 8. The first kappa shape index (κ1) is 14.0. The van der Waals surface area contributed by atoms with E-state index in [-0.39, 0.29) is 0 Å². The Hall–Kier alpha value is -1.06.